The van der Waals surface area contributed by atoms with Crippen molar-refractivity contribution in [3.8, 4) is 17.2 Å². The fourth-order valence-electron chi connectivity index (χ4n) is 2.29. The van der Waals surface area contributed by atoms with Crippen LogP contribution in [0.2, 0.25) is 0 Å². The number of para-hydroxylation sites is 2. The van der Waals surface area contributed by atoms with Gasteiger partial charge < -0.3 is 20.1 Å². The second-order valence-electron chi connectivity index (χ2n) is 5.42. The van der Waals surface area contributed by atoms with Gasteiger partial charge in [-0.1, -0.05) is 18.2 Å². The van der Waals surface area contributed by atoms with Gasteiger partial charge in [-0.15, -0.1) is 0 Å². The minimum Gasteiger partial charge on any atom is -0.495 e. The molecule has 2 N–H and O–H groups in total. The van der Waals surface area contributed by atoms with Crippen LogP contribution in [0.15, 0.2) is 73.1 Å². The van der Waals surface area contributed by atoms with Gasteiger partial charge in [0.2, 0.25) is 0 Å². The number of ether oxygens (including phenoxy) is 2. The Kier molecular flexibility index (Phi) is 5.64. The number of nitrogens with one attached hydrogen (secondary N) is 2. The summed E-state index contributed by atoms with van der Waals surface area (Å²) in [7, 11) is 1.49. The third-order valence-electron chi connectivity index (χ3n) is 3.54. The number of amides is 2. The van der Waals surface area contributed by atoms with Gasteiger partial charge in [-0.25, -0.2) is 0 Å². The van der Waals surface area contributed by atoms with E-state index in [0.29, 0.717) is 28.6 Å². The highest BCUT2D eigenvalue weighted by molar-refractivity contribution is 6.43. The van der Waals surface area contributed by atoms with Gasteiger partial charge in [-0.3, -0.25) is 14.6 Å². The zero-order chi connectivity index (χ0) is 19.1. The Morgan fingerprint density at radius 1 is 0.852 bits per heavy atom. The number of pyridine rings is 1. The number of anilines is 2. The highest BCUT2D eigenvalue weighted by Gasteiger charge is 2.16. The van der Waals surface area contributed by atoms with Crippen LogP contribution in [0.1, 0.15) is 0 Å². The summed E-state index contributed by atoms with van der Waals surface area (Å²) in [6.45, 7) is 0. The minimum atomic E-state index is -0.806. The highest BCUT2D eigenvalue weighted by Crippen LogP contribution is 2.24. The van der Waals surface area contributed by atoms with Crippen LogP contribution in [0.25, 0.3) is 0 Å². The summed E-state index contributed by atoms with van der Waals surface area (Å²) in [5.74, 6) is -0.0140. The van der Waals surface area contributed by atoms with Gasteiger partial charge in [0.05, 0.1) is 12.8 Å². The van der Waals surface area contributed by atoms with Gasteiger partial charge in [0.1, 0.15) is 17.2 Å². The molecule has 0 unspecified atom stereocenters. The first kappa shape index (κ1) is 17.9. The van der Waals surface area contributed by atoms with Gasteiger partial charge >= 0.3 is 11.8 Å². The Bertz CT molecular complexity index is 945. The Hall–Kier alpha value is -3.87. The number of hydrogen-bond acceptors (Lipinski definition) is 5. The number of benzene rings is 2. The van der Waals surface area contributed by atoms with Crippen molar-refractivity contribution in [2.75, 3.05) is 17.7 Å². The average Bonchev–Trinajstić information content (AvgIpc) is 2.69. The molecule has 1 aromatic heterocycles. The Morgan fingerprint density at radius 3 is 2.37 bits per heavy atom. The van der Waals surface area contributed by atoms with Crippen molar-refractivity contribution in [3.63, 3.8) is 0 Å². The fourth-order valence-corrected chi connectivity index (χ4v) is 2.29. The average molecular weight is 363 g/mol. The molecule has 3 aromatic rings. The molecule has 0 aliphatic carbocycles. The van der Waals surface area contributed by atoms with E-state index < -0.39 is 11.8 Å². The Labute approximate surface area is 156 Å². The lowest BCUT2D eigenvalue weighted by atomic mass is 10.2. The first-order valence-electron chi connectivity index (χ1n) is 8.09. The maximum absolute atomic E-state index is 12.2. The molecule has 1 heterocycles. The third kappa shape index (κ3) is 4.82. The smallest absolute Gasteiger partial charge is 0.314 e. The standard InChI is InChI=1S/C20H17N3O4/c1-26-18-8-3-2-7-17(18)23-20(25)19(24)22-14-5-4-6-16(13-14)27-15-9-11-21-12-10-15/h2-13H,1H3,(H,22,24)(H,23,25). The maximum atomic E-state index is 12.2. The lowest BCUT2D eigenvalue weighted by Crippen LogP contribution is -2.29. The van der Waals surface area contributed by atoms with Crippen molar-refractivity contribution in [2.24, 2.45) is 0 Å². The number of carbonyl (C=O) groups excluding carboxylic acids is 2. The van der Waals surface area contributed by atoms with Crippen molar-refractivity contribution in [1.29, 1.82) is 0 Å². The van der Waals surface area contributed by atoms with Crippen LogP contribution in [0.5, 0.6) is 17.2 Å². The van der Waals surface area contributed by atoms with E-state index >= 15 is 0 Å². The second-order valence-corrected chi connectivity index (χ2v) is 5.42. The quantitative estimate of drug-likeness (QED) is 0.678. The summed E-state index contributed by atoms with van der Waals surface area (Å²) < 4.78 is 10.8. The van der Waals surface area contributed by atoms with E-state index in [2.05, 4.69) is 15.6 Å². The zero-order valence-electron chi connectivity index (χ0n) is 14.5. The summed E-state index contributed by atoms with van der Waals surface area (Å²) >= 11 is 0. The molecular weight excluding hydrogens is 346 g/mol. The van der Waals surface area contributed by atoms with Crippen molar-refractivity contribution >= 4 is 23.2 Å². The summed E-state index contributed by atoms with van der Waals surface area (Å²) in [6.07, 6.45) is 3.23. The van der Waals surface area contributed by atoms with E-state index in [0.717, 1.165) is 0 Å². The van der Waals surface area contributed by atoms with Crippen LogP contribution in [0.3, 0.4) is 0 Å². The number of carbonyl (C=O) groups is 2. The maximum Gasteiger partial charge on any atom is 0.314 e. The topological polar surface area (TPSA) is 89.5 Å². The van der Waals surface area contributed by atoms with Gasteiger partial charge in [-0.2, -0.15) is 0 Å². The van der Waals surface area contributed by atoms with E-state index in [1.54, 1.807) is 73.1 Å². The van der Waals surface area contributed by atoms with Gasteiger partial charge in [0, 0.05) is 24.1 Å². The molecule has 27 heavy (non-hydrogen) atoms. The number of nitrogens with zero attached hydrogens (tertiary/aromatic N) is 1. The van der Waals surface area contributed by atoms with Gasteiger partial charge in [0.15, 0.2) is 0 Å². The first-order chi connectivity index (χ1) is 13.2. The van der Waals surface area contributed by atoms with Crippen molar-refractivity contribution in [1.82, 2.24) is 4.98 Å². The summed E-state index contributed by atoms with van der Waals surface area (Å²) in [5.41, 5.74) is 0.844. The molecular formula is C20H17N3O4. The molecule has 0 radical (unpaired) electrons. The predicted octanol–water partition coefficient (Wildman–Crippen LogP) is 3.46. The molecule has 2 aromatic carbocycles. The van der Waals surface area contributed by atoms with E-state index in [-0.39, 0.29) is 0 Å². The molecule has 0 aliphatic heterocycles. The molecule has 7 heteroatoms. The van der Waals surface area contributed by atoms with Gasteiger partial charge in [-0.05, 0) is 36.4 Å². The van der Waals surface area contributed by atoms with Crippen LogP contribution in [-0.4, -0.2) is 23.9 Å². The molecule has 0 saturated heterocycles. The highest BCUT2D eigenvalue weighted by atomic mass is 16.5. The lowest BCUT2D eigenvalue weighted by Gasteiger charge is -2.11. The second kappa shape index (κ2) is 8.48. The zero-order valence-corrected chi connectivity index (χ0v) is 14.5. The van der Waals surface area contributed by atoms with Crippen LogP contribution in [-0.2, 0) is 9.59 Å². The molecule has 3 rings (SSSR count). The molecule has 0 aliphatic rings. The molecule has 0 atom stereocenters. The normalized spacial score (nSPS) is 9.96. The Morgan fingerprint density at radius 2 is 1.59 bits per heavy atom. The van der Waals surface area contributed by atoms with Crippen LogP contribution < -0.4 is 20.1 Å². The van der Waals surface area contributed by atoms with Crippen molar-refractivity contribution in [2.45, 2.75) is 0 Å². The molecule has 0 fully saturated rings. The molecule has 7 nitrogen and oxygen atoms in total. The molecule has 0 bridgehead atoms. The molecule has 0 saturated carbocycles. The van der Waals surface area contributed by atoms with E-state index in [1.807, 2.05) is 0 Å². The lowest BCUT2D eigenvalue weighted by molar-refractivity contribution is -0.133. The first-order valence-corrected chi connectivity index (χ1v) is 8.09. The van der Waals surface area contributed by atoms with Crippen molar-refractivity contribution < 1.29 is 19.1 Å². The van der Waals surface area contributed by atoms with E-state index in [9.17, 15) is 9.59 Å². The summed E-state index contributed by atoms with van der Waals surface area (Å²) in [4.78, 5) is 28.2. The summed E-state index contributed by atoms with van der Waals surface area (Å²) in [6, 6.07) is 17.0. The third-order valence-corrected chi connectivity index (χ3v) is 3.54. The number of rotatable bonds is 5. The Balaban J connectivity index is 1.65. The molecule has 136 valence electrons. The summed E-state index contributed by atoms with van der Waals surface area (Å²) in [5, 5.41) is 5.06. The SMILES string of the molecule is COc1ccccc1NC(=O)C(=O)Nc1cccc(Oc2ccncc2)c1. The number of hydrogen-bond donors (Lipinski definition) is 2. The monoisotopic (exact) mass is 363 g/mol. The van der Waals surface area contributed by atoms with Gasteiger partial charge in [0.25, 0.3) is 0 Å². The predicted molar refractivity (Wildman–Crippen MR) is 101 cm³/mol. The van der Waals surface area contributed by atoms with Crippen LogP contribution in [0.4, 0.5) is 11.4 Å². The fraction of sp³-hybridized carbons (Fsp3) is 0.0500. The molecule has 2 amide bonds. The van der Waals surface area contributed by atoms with Crippen LogP contribution in [0, 0.1) is 0 Å². The van der Waals surface area contributed by atoms with Crippen molar-refractivity contribution in [3.05, 3.63) is 73.1 Å². The number of methoxy groups -OCH3 is 1. The number of aromatic nitrogens is 1. The largest absolute Gasteiger partial charge is 0.495 e. The van der Waals surface area contributed by atoms with E-state index in [4.69, 9.17) is 9.47 Å². The minimum absolute atomic E-state index is 0.412. The molecule has 0 spiro atoms. The van der Waals surface area contributed by atoms with E-state index in [1.165, 1.54) is 7.11 Å². The van der Waals surface area contributed by atoms with Crippen LogP contribution >= 0.6 is 0 Å².